The quantitative estimate of drug-likeness (QED) is 0.0322. The molecule has 6 heteroatoms. The molecule has 0 heterocycles. The van der Waals surface area contributed by atoms with E-state index in [0.29, 0.717) is 19.3 Å². The first-order chi connectivity index (χ1) is 30.0. The molecule has 0 aliphatic carbocycles. The van der Waals surface area contributed by atoms with Gasteiger partial charge in [0.15, 0.2) is 0 Å². The van der Waals surface area contributed by atoms with Crippen molar-refractivity contribution < 1.29 is 24.5 Å². The van der Waals surface area contributed by atoms with Crippen molar-refractivity contribution in [1.82, 2.24) is 5.32 Å². The van der Waals surface area contributed by atoms with Gasteiger partial charge in [-0.05, 0) is 51.4 Å². The molecule has 0 aromatic carbocycles. The van der Waals surface area contributed by atoms with Crippen LogP contribution in [0, 0.1) is 0 Å². The Kier molecular flexibility index (Phi) is 48.5. The molecule has 0 bridgehead atoms. The van der Waals surface area contributed by atoms with E-state index in [1.165, 1.54) is 212 Å². The largest absolute Gasteiger partial charge is 0.462 e. The van der Waals surface area contributed by atoms with Crippen LogP contribution in [-0.2, 0) is 14.3 Å². The zero-order valence-electron chi connectivity index (χ0n) is 41.3. The second kappa shape index (κ2) is 49.6. The molecule has 3 atom stereocenters. The minimum Gasteiger partial charge on any atom is -0.462 e. The number of nitrogens with one attached hydrogen (secondary N) is 1. The first-order valence-electron chi connectivity index (χ1n) is 27.4. The lowest BCUT2D eigenvalue weighted by molar-refractivity contribution is -0.151. The van der Waals surface area contributed by atoms with Crippen LogP contribution in [0.2, 0.25) is 0 Å². The minimum atomic E-state index is -0.781. The number of carbonyl (C=O) groups is 2. The molecular formula is C55H107NO5. The Morgan fingerprint density at radius 3 is 1.16 bits per heavy atom. The average molecular weight is 862 g/mol. The van der Waals surface area contributed by atoms with Crippen LogP contribution in [0.1, 0.15) is 303 Å². The van der Waals surface area contributed by atoms with Crippen LogP contribution in [0.15, 0.2) is 12.2 Å². The number of hydrogen-bond acceptors (Lipinski definition) is 5. The molecule has 0 radical (unpaired) electrons. The fraction of sp³-hybridized carbons (Fsp3) is 0.927. The molecule has 61 heavy (non-hydrogen) atoms. The third-order valence-electron chi connectivity index (χ3n) is 12.8. The summed E-state index contributed by atoms with van der Waals surface area (Å²) < 4.78 is 5.94. The summed E-state index contributed by atoms with van der Waals surface area (Å²) in [5.74, 6) is -0.457. The van der Waals surface area contributed by atoms with Gasteiger partial charge in [0.25, 0.3) is 0 Å². The van der Waals surface area contributed by atoms with E-state index >= 15 is 0 Å². The molecule has 0 aromatic heterocycles. The Balaban J connectivity index is 4.43. The normalized spacial score (nSPS) is 13.2. The van der Waals surface area contributed by atoms with Gasteiger partial charge in [-0.3, -0.25) is 9.59 Å². The third-order valence-corrected chi connectivity index (χ3v) is 12.8. The van der Waals surface area contributed by atoms with Crippen LogP contribution in [-0.4, -0.2) is 46.9 Å². The Bertz CT molecular complexity index is 924. The summed E-state index contributed by atoms with van der Waals surface area (Å²) in [6, 6.07) is -0.694. The van der Waals surface area contributed by atoms with Crippen LogP contribution in [0.3, 0.4) is 0 Å². The van der Waals surface area contributed by atoms with E-state index in [1.807, 2.05) is 0 Å². The predicted molar refractivity (Wildman–Crippen MR) is 264 cm³/mol. The van der Waals surface area contributed by atoms with Crippen molar-refractivity contribution in [3.8, 4) is 0 Å². The Labute approximate surface area is 380 Å². The van der Waals surface area contributed by atoms with Crippen molar-refractivity contribution in [2.24, 2.45) is 0 Å². The van der Waals surface area contributed by atoms with Crippen LogP contribution in [0.25, 0.3) is 0 Å². The third kappa shape index (κ3) is 45.0. The molecule has 0 fully saturated rings. The van der Waals surface area contributed by atoms with Crippen molar-refractivity contribution in [1.29, 1.82) is 0 Å². The highest BCUT2D eigenvalue weighted by Crippen LogP contribution is 2.19. The SMILES string of the molecule is CCCCCCCC/C=C/CCCCCCCCCCCC(=O)OC(CCCCCCCCCCCCC)CC(=O)NC(CO)C(O)CCCCCCCCCCCCCC. The lowest BCUT2D eigenvalue weighted by Gasteiger charge is -2.24. The number of esters is 1. The van der Waals surface area contributed by atoms with E-state index in [9.17, 15) is 19.8 Å². The number of aliphatic hydroxyl groups is 2. The van der Waals surface area contributed by atoms with Crippen molar-refractivity contribution in [3.63, 3.8) is 0 Å². The van der Waals surface area contributed by atoms with Crippen molar-refractivity contribution in [3.05, 3.63) is 12.2 Å². The summed E-state index contributed by atoms with van der Waals surface area (Å²) in [6.45, 7) is 6.50. The van der Waals surface area contributed by atoms with Gasteiger partial charge in [-0.1, -0.05) is 251 Å². The number of ether oxygens (including phenoxy) is 1. The van der Waals surface area contributed by atoms with Gasteiger partial charge in [-0.2, -0.15) is 0 Å². The van der Waals surface area contributed by atoms with Gasteiger partial charge in [0.05, 0.1) is 25.2 Å². The summed E-state index contributed by atoms with van der Waals surface area (Å²) in [7, 11) is 0. The number of allylic oxidation sites excluding steroid dienone is 2. The monoisotopic (exact) mass is 862 g/mol. The van der Waals surface area contributed by atoms with E-state index in [4.69, 9.17) is 4.74 Å². The van der Waals surface area contributed by atoms with E-state index in [-0.39, 0.29) is 24.9 Å². The van der Waals surface area contributed by atoms with Crippen molar-refractivity contribution >= 4 is 11.9 Å². The van der Waals surface area contributed by atoms with E-state index in [2.05, 4.69) is 38.2 Å². The second-order valence-electron chi connectivity index (χ2n) is 19.0. The fourth-order valence-electron chi connectivity index (χ4n) is 8.66. The molecule has 0 aliphatic heterocycles. The molecule has 0 aliphatic rings. The zero-order valence-corrected chi connectivity index (χ0v) is 41.3. The highest BCUT2D eigenvalue weighted by atomic mass is 16.5. The molecule has 0 rings (SSSR count). The average Bonchev–Trinajstić information content (AvgIpc) is 3.25. The van der Waals surface area contributed by atoms with Gasteiger partial charge in [-0.15, -0.1) is 0 Å². The fourth-order valence-corrected chi connectivity index (χ4v) is 8.66. The van der Waals surface area contributed by atoms with Crippen molar-refractivity contribution in [2.45, 2.75) is 322 Å². The summed E-state index contributed by atoms with van der Waals surface area (Å²) in [4.78, 5) is 26.2. The maximum absolute atomic E-state index is 13.2. The lowest BCUT2D eigenvalue weighted by Crippen LogP contribution is -2.46. The molecular weight excluding hydrogens is 755 g/mol. The van der Waals surface area contributed by atoms with Crippen LogP contribution >= 0.6 is 0 Å². The van der Waals surface area contributed by atoms with Crippen LogP contribution < -0.4 is 5.32 Å². The summed E-state index contributed by atoms with van der Waals surface area (Å²) in [5.41, 5.74) is 0. The Morgan fingerprint density at radius 1 is 0.459 bits per heavy atom. The maximum Gasteiger partial charge on any atom is 0.306 e. The van der Waals surface area contributed by atoms with Gasteiger partial charge < -0.3 is 20.3 Å². The van der Waals surface area contributed by atoms with Gasteiger partial charge in [-0.25, -0.2) is 0 Å². The maximum atomic E-state index is 13.2. The summed E-state index contributed by atoms with van der Waals surface area (Å²) >= 11 is 0. The van der Waals surface area contributed by atoms with E-state index < -0.39 is 18.2 Å². The van der Waals surface area contributed by atoms with Crippen LogP contribution in [0.5, 0.6) is 0 Å². The topological polar surface area (TPSA) is 95.9 Å². The van der Waals surface area contributed by atoms with Gasteiger partial charge >= 0.3 is 5.97 Å². The number of hydrogen-bond donors (Lipinski definition) is 3. The molecule has 0 saturated heterocycles. The van der Waals surface area contributed by atoms with E-state index in [0.717, 1.165) is 44.9 Å². The van der Waals surface area contributed by atoms with Gasteiger partial charge in [0, 0.05) is 6.42 Å². The molecule has 3 unspecified atom stereocenters. The molecule has 0 spiro atoms. The highest BCUT2D eigenvalue weighted by molar-refractivity contribution is 5.77. The molecule has 1 amide bonds. The molecule has 3 N–H and O–H groups in total. The summed E-state index contributed by atoms with van der Waals surface area (Å²) in [6.07, 6.45) is 55.6. The highest BCUT2D eigenvalue weighted by Gasteiger charge is 2.24. The molecule has 362 valence electrons. The van der Waals surface area contributed by atoms with Crippen LogP contribution in [0.4, 0.5) is 0 Å². The summed E-state index contributed by atoms with van der Waals surface area (Å²) in [5, 5.41) is 23.8. The molecule has 0 saturated carbocycles. The first kappa shape index (κ1) is 59.6. The number of rotatable bonds is 50. The zero-order chi connectivity index (χ0) is 44.5. The smallest absolute Gasteiger partial charge is 0.306 e. The standard InChI is InChI=1S/C55H107NO5/c1-4-7-10-13-16-19-22-24-25-26-27-28-29-30-33-36-39-42-45-48-55(60)61-51(46-43-40-37-34-31-21-18-15-12-9-6-3)49-54(59)56-52(50-57)53(58)47-44-41-38-35-32-23-20-17-14-11-8-5-2/h24-25,51-53,57-58H,4-23,26-50H2,1-3H3,(H,56,59)/b25-24+. The Morgan fingerprint density at radius 2 is 0.787 bits per heavy atom. The number of carbonyl (C=O) groups excluding carboxylic acids is 2. The first-order valence-corrected chi connectivity index (χ1v) is 27.4. The van der Waals surface area contributed by atoms with E-state index in [1.54, 1.807) is 0 Å². The number of aliphatic hydroxyl groups excluding tert-OH is 2. The minimum absolute atomic E-state index is 0.0841. The molecule has 0 aromatic rings. The lowest BCUT2D eigenvalue weighted by atomic mass is 10.0. The van der Waals surface area contributed by atoms with Gasteiger partial charge in [0.2, 0.25) is 5.91 Å². The second-order valence-corrected chi connectivity index (χ2v) is 19.0. The Hall–Kier alpha value is -1.40. The predicted octanol–water partition coefficient (Wildman–Crippen LogP) is 16.5. The van der Waals surface area contributed by atoms with Gasteiger partial charge in [0.1, 0.15) is 6.10 Å². The molecule has 6 nitrogen and oxygen atoms in total. The van der Waals surface area contributed by atoms with Crippen molar-refractivity contribution in [2.75, 3.05) is 6.61 Å². The number of unbranched alkanes of at least 4 members (excludes halogenated alkanes) is 36. The number of amides is 1.